The Morgan fingerprint density at radius 2 is 0.759 bits per heavy atom. The van der Waals surface area contributed by atoms with Crippen molar-refractivity contribution in [2.24, 2.45) is 0 Å². The van der Waals surface area contributed by atoms with Crippen LogP contribution in [0.4, 0.5) is 9.59 Å². The average Bonchev–Trinajstić information content (AvgIpc) is 2.49. The summed E-state index contributed by atoms with van der Waals surface area (Å²) in [6, 6.07) is 0. The first-order chi connectivity index (χ1) is 13.3. The topological polar surface area (TPSA) is 99.7 Å². The van der Waals surface area contributed by atoms with Gasteiger partial charge in [-0.15, -0.1) is 0 Å². The zero-order valence-electron chi connectivity index (χ0n) is 16.9. The van der Waals surface area contributed by atoms with Gasteiger partial charge in [-0.1, -0.05) is 0 Å². The summed E-state index contributed by atoms with van der Waals surface area (Å²) in [5.74, 6) is -2.12. The smallest absolute Gasteiger partial charge is 0.554 e. The normalized spacial score (nSPS) is 47.6. The summed E-state index contributed by atoms with van der Waals surface area (Å²) in [5, 5.41) is 21.3. The second kappa shape index (κ2) is 8.02. The van der Waals surface area contributed by atoms with E-state index in [2.05, 4.69) is 29.4 Å². The van der Waals surface area contributed by atoms with Gasteiger partial charge in [0.05, 0.1) is 51.7 Å². The first-order valence-electron chi connectivity index (χ1n) is 9.50. The maximum atomic E-state index is 10.6. The van der Waals surface area contributed by atoms with Crippen LogP contribution in [-0.2, 0) is 0 Å². The molecule has 0 aromatic carbocycles. The van der Waals surface area contributed by atoms with Crippen molar-refractivity contribution in [3.8, 4) is 0 Å². The van der Waals surface area contributed by atoms with E-state index in [9.17, 15) is 19.8 Å². The van der Waals surface area contributed by atoms with E-state index in [0.717, 1.165) is 80.0 Å². The van der Waals surface area contributed by atoms with Gasteiger partial charge in [0.2, 0.25) is 0 Å². The van der Waals surface area contributed by atoms with E-state index in [0.29, 0.717) is 8.79 Å². The van der Waals surface area contributed by atoms with Gasteiger partial charge in [-0.3, -0.25) is 0 Å². The second-order valence-corrected chi connectivity index (χ2v) is 9.06. The Morgan fingerprint density at radius 1 is 0.552 bits per heavy atom. The van der Waals surface area contributed by atoms with Crippen LogP contribution in [-0.4, -0.2) is 145 Å². The first kappa shape index (κ1) is 22.0. The molecule has 0 saturated carbocycles. The van der Waals surface area contributed by atoms with Gasteiger partial charge in [0.15, 0.2) is 0 Å². The molecule has 8 aliphatic rings. The molecule has 0 N–H and O–H groups in total. The van der Waals surface area contributed by atoms with E-state index < -0.39 is 11.7 Å². The Labute approximate surface area is 193 Å². The van der Waals surface area contributed by atoms with Gasteiger partial charge in [-0.05, 0) is 0 Å². The molecule has 8 heterocycles. The molecule has 8 aliphatic heterocycles. The standard InChI is InChI=1S/2C7H13BN4O2.Na/c2*13-7(14)8-12-4-9-1-10(5-12)3-11(2-9)6-12;/h2*1-6H2,(H,13,14);/q3*+1/p-2. The van der Waals surface area contributed by atoms with Crippen LogP contribution in [0.1, 0.15) is 0 Å². The van der Waals surface area contributed by atoms with E-state index in [4.69, 9.17) is 0 Å². The Balaban J connectivity index is 0.000000137. The summed E-state index contributed by atoms with van der Waals surface area (Å²) in [4.78, 5) is 34.9. The summed E-state index contributed by atoms with van der Waals surface area (Å²) in [6.07, 6.45) is 0. The molecular formula is C14H24B2N8NaO4+. The molecule has 0 aromatic heterocycles. The molecule has 0 atom stereocenters. The minimum Gasteiger partial charge on any atom is -0.554 e. The van der Waals surface area contributed by atoms with Crippen molar-refractivity contribution in [3.63, 3.8) is 0 Å². The van der Waals surface area contributed by atoms with Crippen molar-refractivity contribution in [1.29, 1.82) is 0 Å². The van der Waals surface area contributed by atoms with Crippen LogP contribution >= 0.6 is 0 Å². The third kappa shape index (κ3) is 4.53. The summed E-state index contributed by atoms with van der Waals surface area (Å²) in [7, 11) is 2.65. The number of carbonyl (C=O) groups excluding carboxylic acids is 2. The van der Waals surface area contributed by atoms with Gasteiger partial charge in [-0.2, -0.15) is 0 Å². The Morgan fingerprint density at radius 3 is 0.931 bits per heavy atom. The summed E-state index contributed by atoms with van der Waals surface area (Å²) in [5.41, 5.74) is 0. The summed E-state index contributed by atoms with van der Waals surface area (Å²) in [6.45, 7) is 10.7. The van der Waals surface area contributed by atoms with Crippen molar-refractivity contribution in [2.75, 3.05) is 80.0 Å². The van der Waals surface area contributed by atoms with Crippen LogP contribution in [0.5, 0.6) is 0 Å². The van der Waals surface area contributed by atoms with Gasteiger partial charge in [0, 0.05) is 0 Å². The van der Waals surface area contributed by atoms with Crippen LogP contribution in [0, 0.1) is 0 Å². The number of carbonyl (C=O) groups is 2. The van der Waals surface area contributed by atoms with Crippen molar-refractivity contribution >= 4 is 26.6 Å². The number of rotatable bonds is 4. The monoisotopic (exact) mass is 413 g/mol. The molecule has 8 rings (SSSR count). The van der Waals surface area contributed by atoms with Crippen LogP contribution in [0.3, 0.4) is 0 Å². The number of quaternary nitrogens is 2. The van der Waals surface area contributed by atoms with Crippen molar-refractivity contribution in [2.45, 2.75) is 0 Å². The van der Waals surface area contributed by atoms with E-state index in [1.165, 1.54) is 14.8 Å². The molecule has 8 saturated heterocycles. The van der Waals surface area contributed by atoms with Crippen molar-refractivity contribution < 1.29 is 58.1 Å². The quantitative estimate of drug-likeness (QED) is 0.414. The van der Waals surface area contributed by atoms with E-state index in [1.54, 1.807) is 0 Å². The number of carboxylic acid groups (broad SMARTS) is 2. The minimum atomic E-state index is -1.06. The summed E-state index contributed by atoms with van der Waals surface area (Å²) >= 11 is 0. The maximum Gasteiger partial charge on any atom is 1.00 e. The first-order valence-corrected chi connectivity index (χ1v) is 9.50. The van der Waals surface area contributed by atoms with E-state index >= 15 is 0 Å². The van der Waals surface area contributed by atoms with E-state index in [-0.39, 0.29) is 29.6 Å². The molecule has 150 valence electrons. The molecule has 0 aromatic rings. The third-order valence-electron chi connectivity index (χ3n) is 6.05. The minimum absolute atomic E-state index is 0. The fourth-order valence-electron chi connectivity index (χ4n) is 5.85. The Bertz CT molecular complexity index is 561. The van der Waals surface area contributed by atoms with Crippen LogP contribution in [0.15, 0.2) is 0 Å². The number of nitrogens with zero attached hydrogens (tertiary/aromatic N) is 8. The Hall–Kier alpha value is -0.250. The molecule has 0 aliphatic carbocycles. The maximum absolute atomic E-state index is 10.6. The van der Waals surface area contributed by atoms with E-state index in [1.807, 2.05) is 0 Å². The molecule has 0 amide bonds. The second-order valence-electron chi connectivity index (χ2n) is 9.06. The zero-order chi connectivity index (χ0) is 19.5. The van der Waals surface area contributed by atoms with Gasteiger partial charge < -0.3 is 28.6 Å². The number of hydrogen-bond donors (Lipinski definition) is 0. The van der Waals surface area contributed by atoms with Crippen LogP contribution in [0.25, 0.3) is 0 Å². The van der Waals surface area contributed by atoms with Gasteiger partial charge >= 0.3 is 44.4 Å². The summed E-state index contributed by atoms with van der Waals surface area (Å²) < 4.78 is 1.00. The number of hydrogen-bond acceptors (Lipinski definition) is 10. The molecule has 29 heavy (non-hydrogen) atoms. The van der Waals surface area contributed by atoms with Gasteiger partial charge in [0.25, 0.3) is 0 Å². The molecule has 0 spiro atoms. The van der Waals surface area contributed by atoms with Gasteiger partial charge in [-0.25, -0.2) is 29.4 Å². The molecule has 8 fully saturated rings. The molecule has 12 nitrogen and oxygen atoms in total. The Kier molecular flexibility index (Phi) is 6.08. The predicted octanol–water partition coefficient (Wildman–Crippen LogP) is -8.08. The van der Waals surface area contributed by atoms with Gasteiger partial charge in [0.1, 0.15) is 40.0 Å². The van der Waals surface area contributed by atoms with Crippen molar-refractivity contribution in [1.82, 2.24) is 29.4 Å². The fourth-order valence-corrected chi connectivity index (χ4v) is 5.85. The molecule has 15 heteroatoms. The average molecular weight is 413 g/mol. The molecule has 0 unspecified atom stereocenters. The van der Waals surface area contributed by atoms with Crippen LogP contribution < -0.4 is 39.8 Å². The van der Waals surface area contributed by atoms with Crippen LogP contribution in [0.2, 0.25) is 0 Å². The molecular weight excluding hydrogens is 389 g/mol. The largest absolute Gasteiger partial charge is 1.00 e. The SMILES string of the molecule is O=C([O-])[B][N+]12CN3CN(CN(C3)C1)C2.O=C([O-])[B][N+]12CN3CN(CN(C3)C1)C2.[Na+]. The fraction of sp³-hybridized carbons (Fsp3) is 0.857. The van der Waals surface area contributed by atoms with Crippen molar-refractivity contribution in [3.05, 3.63) is 0 Å². The third-order valence-corrected chi connectivity index (χ3v) is 6.05. The molecule has 8 bridgehead atoms. The molecule has 2 radical (unpaired) electrons. The predicted molar refractivity (Wildman–Crippen MR) is 92.3 cm³/mol. The zero-order valence-corrected chi connectivity index (χ0v) is 18.9.